The van der Waals surface area contributed by atoms with E-state index < -0.39 is 18.6 Å². The van der Waals surface area contributed by atoms with E-state index in [-0.39, 0.29) is 12.2 Å². The lowest BCUT2D eigenvalue weighted by molar-refractivity contribution is -0.137. The van der Waals surface area contributed by atoms with Gasteiger partial charge >= 0.3 is 12.1 Å². The topological polar surface area (TPSA) is 61.7 Å². The van der Waals surface area contributed by atoms with Crippen molar-refractivity contribution in [2.24, 2.45) is 4.99 Å². The van der Waals surface area contributed by atoms with Crippen LogP contribution in [0.5, 0.6) is 0 Å². The molecule has 1 rings (SSSR count). The van der Waals surface area contributed by atoms with Gasteiger partial charge in [0.25, 0.3) is 0 Å². The minimum atomic E-state index is -4.23. The number of hydrogen-bond donors (Lipinski definition) is 2. The lowest BCUT2D eigenvalue weighted by Gasteiger charge is -2.08. The summed E-state index contributed by atoms with van der Waals surface area (Å²) in [5.41, 5.74) is 4.65. The molecule has 0 spiro atoms. The number of alkyl halides is 3. The maximum Gasteiger partial charge on any atom is 0.392 e. The number of nitrogens with one attached hydrogen (secondary N) is 1. The predicted octanol–water partition coefficient (Wildman–Crippen LogP) is 8.27. The van der Waals surface area contributed by atoms with E-state index in [1.165, 1.54) is 18.2 Å². The molecular weight excluding hydrogens is 508 g/mol. The number of aliphatic carboxylic acids is 1. The van der Waals surface area contributed by atoms with Crippen LogP contribution in [-0.4, -0.2) is 36.1 Å². The number of benzene rings is 1. The van der Waals surface area contributed by atoms with Crippen molar-refractivity contribution in [2.75, 3.05) is 13.1 Å². The van der Waals surface area contributed by atoms with Gasteiger partial charge in [0.1, 0.15) is 5.82 Å². The van der Waals surface area contributed by atoms with Crippen molar-refractivity contribution in [2.45, 2.75) is 59.1 Å². The molecule has 0 fully saturated rings. The summed E-state index contributed by atoms with van der Waals surface area (Å²) < 4.78 is 50.5. The van der Waals surface area contributed by atoms with Gasteiger partial charge in [0.15, 0.2) is 0 Å². The lowest BCUT2D eigenvalue weighted by atomic mass is 10.0. The Labute approximate surface area is 228 Å². The fourth-order valence-corrected chi connectivity index (χ4v) is 3.48. The van der Waals surface area contributed by atoms with Crippen LogP contribution in [0.2, 0.25) is 0 Å². The number of aliphatic imine (C=N–C) groups is 1. The summed E-state index contributed by atoms with van der Waals surface area (Å²) in [6.45, 7) is 10.3. The first-order chi connectivity index (χ1) is 18.4. The van der Waals surface area contributed by atoms with Gasteiger partial charge in [-0.25, -0.2) is 4.39 Å². The van der Waals surface area contributed by atoms with Gasteiger partial charge in [0.2, 0.25) is 0 Å². The van der Waals surface area contributed by atoms with E-state index in [0.717, 1.165) is 41.2 Å². The fourth-order valence-electron chi connectivity index (χ4n) is 3.48. The summed E-state index contributed by atoms with van der Waals surface area (Å²) in [5, 5.41) is 12.0. The highest BCUT2D eigenvalue weighted by molar-refractivity contribution is 5.99. The van der Waals surface area contributed by atoms with E-state index in [9.17, 15) is 22.4 Å². The third-order valence-corrected chi connectivity index (χ3v) is 5.59. The van der Waals surface area contributed by atoms with E-state index >= 15 is 0 Å². The molecule has 39 heavy (non-hydrogen) atoms. The normalized spacial score (nSPS) is 14.3. The Morgan fingerprint density at radius 2 is 1.74 bits per heavy atom. The number of carboxylic acid groups (broad SMARTS) is 1. The Bertz CT molecular complexity index is 1120. The summed E-state index contributed by atoms with van der Waals surface area (Å²) in [6, 6.07) is 6.05. The second kappa shape index (κ2) is 17.9. The minimum absolute atomic E-state index is 0.125. The number of carbonyl (C=O) groups is 1. The summed E-state index contributed by atoms with van der Waals surface area (Å²) >= 11 is 0. The van der Waals surface area contributed by atoms with Crippen LogP contribution in [0, 0.1) is 5.82 Å². The quantitative estimate of drug-likeness (QED) is 0.0949. The molecule has 2 N–H and O–H groups in total. The van der Waals surface area contributed by atoms with Gasteiger partial charge in [-0.2, -0.15) is 13.2 Å². The number of carboxylic acids is 1. The first-order valence-corrected chi connectivity index (χ1v) is 12.8. The minimum Gasteiger partial charge on any atom is -0.481 e. The van der Waals surface area contributed by atoms with Gasteiger partial charge in [-0.05, 0) is 75.0 Å². The Morgan fingerprint density at radius 3 is 2.33 bits per heavy atom. The number of nitrogens with zero attached hydrogens (tertiary/aromatic N) is 1. The molecule has 0 aliphatic rings. The molecule has 4 nitrogen and oxygen atoms in total. The number of hydrogen-bond acceptors (Lipinski definition) is 3. The molecule has 0 aliphatic heterocycles. The number of allylic oxidation sites excluding steroid dienone is 7. The van der Waals surface area contributed by atoms with Gasteiger partial charge in [0.05, 0.1) is 12.1 Å². The molecule has 8 heteroatoms. The standard InChI is InChI=1S/C31H38F4N2O2/c1-5-25(12-9-19-31(33,34)35)22-36-20-10-13-27(21-23(3)11-7-8-14-30(38)39)29(6-2)37-24(4)26-15-17-28(32)18-16-26/h5-6,9-10,12-13,15-18,21,36H,2,7-8,11,14,19-20,22H2,1,3-4H3,(H,38,39)/b12-9-,13-10+,23-21+,25-5+,29-27-,37-24+. The molecule has 0 heterocycles. The van der Waals surface area contributed by atoms with Crippen molar-refractivity contribution in [3.63, 3.8) is 0 Å². The average Bonchev–Trinajstić information content (AvgIpc) is 2.87. The molecule has 0 saturated carbocycles. The van der Waals surface area contributed by atoms with E-state index in [1.807, 2.05) is 32.1 Å². The smallest absolute Gasteiger partial charge is 0.392 e. The van der Waals surface area contributed by atoms with Crippen LogP contribution >= 0.6 is 0 Å². The maximum atomic E-state index is 13.3. The molecule has 0 radical (unpaired) electrons. The van der Waals surface area contributed by atoms with E-state index in [4.69, 9.17) is 10.1 Å². The molecule has 0 amide bonds. The van der Waals surface area contributed by atoms with Crippen molar-refractivity contribution in [3.8, 4) is 0 Å². The van der Waals surface area contributed by atoms with E-state index in [0.29, 0.717) is 30.9 Å². The zero-order chi connectivity index (χ0) is 29.3. The molecule has 0 saturated heterocycles. The van der Waals surface area contributed by atoms with E-state index in [1.54, 1.807) is 31.2 Å². The summed E-state index contributed by atoms with van der Waals surface area (Å²) in [4.78, 5) is 15.5. The highest BCUT2D eigenvalue weighted by Crippen LogP contribution is 2.20. The number of halogens is 4. The molecule has 0 atom stereocenters. The molecule has 0 unspecified atom stereocenters. The number of rotatable bonds is 16. The van der Waals surface area contributed by atoms with Crippen LogP contribution in [0.1, 0.15) is 58.4 Å². The first-order valence-electron chi connectivity index (χ1n) is 12.8. The van der Waals surface area contributed by atoms with Gasteiger partial charge in [-0.15, -0.1) is 0 Å². The van der Waals surface area contributed by atoms with Crippen LogP contribution in [0.4, 0.5) is 17.6 Å². The summed E-state index contributed by atoms with van der Waals surface area (Å²) in [7, 11) is 0. The van der Waals surface area contributed by atoms with Crippen LogP contribution < -0.4 is 5.32 Å². The zero-order valence-corrected chi connectivity index (χ0v) is 22.8. The highest BCUT2D eigenvalue weighted by Gasteiger charge is 2.24. The Balaban J connectivity index is 3.07. The summed E-state index contributed by atoms with van der Waals surface area (Å²) in [5.74, 6) is -1.15. The molecule has 0 aliphatic carbocycles. The Hall–Kier alpha value is -3.52. The molecule has 212 valence electrons. The molecule has 1 aromatic carbocycles. The fraction of sp³-hybridized carbons (Fsp3) is 0.355. The van der Waals surface area contributed by atoms with Crippen LogP contribution in [0.3, 0.4) is 0 Å². The largest absolute Gasteiger partial charge is 0.481 e. The van der Waals surface area contributed by atoms with Crippen molar-refractivity contribution >= 4 is 11.7 Å². The third kappa shape index (κ3) is 15.5. The number of unbranched alkanes of at least 4 members (excludes halogenated alkanes) is 1. The molecule has 0 aromatic heterocycles. The third-order valence-electron chi connectivity index (χ3n) is 5.59. The highest BCUT2D eigenvalue weighted by atomic mass is 19.4. The van der Waals surface area contributed by atoms with Crippen LogP contribution in [0.15, 0.2) is 101 Å². The summed E-state index contributed by atoms with van der Waals surface area (Å²) in [6.07, 6.45) is 8.71. The van der Waals surface area contributed by atoms with Gasteiger partial charge < -0.3 is 10.4 Å². The average molecular weight is 547 g/mol. The van der Waals surface area contributed by atoms with Crippen molar-refractivity contribution in [1.29, 1.82) is 0 Å². The van der Waals surface area contributed by atoms with Crippen molar-refractivity contribution in [1.82, 2.24) is 5.32 Å². The zero-order valence-electron chi connectivity index (χ0n) is 22.8. The second-order valence-corrected chi connectivity index (χ2v) is 8.96. The SMILES string of the molecule is C=CC(/N=C(\C)c1ccc(F)cc1)=C(\C=C\CNCC(/C=C\CC(F)(F)F)=C/C)/C=C(\C)CCCCC(=O)O. The first kappa shape index (κ1) is 33.5. The van der Waals surface area contributed by atoms with E-state index in [2.05, 4.69) is 11.9 Å². The predicted molar refractivity (Wildman–Crippen MR) is 151 cm³/mol. The molecule has 1 aromatic rings. The van der Waals surface area contributed by atoms with Crippen LogP contribution in [-0.2, 0) is 4.79 Å². The molecule has 0 bridgehead atoms. The Kier molecular flexibility index (Phi) is 15.4. The van der Waals surface area contributed by atoms with Crippen molar-refractivity contribution < 1.29 is 27.5 Å². The van der Waals surface area contributed by atoms with Gasteiger partial charge in [0, 0.05) is 25.2 Å². The monoisotopic (exact) mass is 546 g/mol. The van der Waals surface area contributed by atoms with Crippen LogP contribution in [0.25, 0.3) is 0 Å². The lowest BCUT2D eigenvalue weighted by Crippen LogP contribution is -2.16. The Morgan fingerprint density at radius 1 is 1.08 bits per heavy atom. The second-order valence-electron chi connectivity index (χ2n) is 8.96. The van der Waals surface area contributed by atoms with Crippen molar-refractivity contribution in [3.05, 3.63) is 107 Å². The maximum absolute atomic E-state index is 13.3. The van der Waals surface area contributed by atoms with Gasteiger partial charge in [-0.1, -0.05) is 60.7 Å². The van der Waals surface area contributed by atoms with Gasteiger partial charge in [-0.3, -0.25) is 9.79 Å². The molecular formula is C31H38F4N2O2.